The molecule has 4 nitrogen and oxygen atoms in total. The molecular weight excluding hydrogens is 293 g/mol. The van der Waals surface area contributed by atoms with Gasteiger partial charge in [-0.05, 0) is 42.8 Å². The lowest BCUT2D eigenvalue weighted by atomic mass is 10.1. The molecule has 0 atom stereocenters. The van der Waals surface area contributed by atoms with E-state index >= 15 is 0 Å². The average molecular weight is 307 g/mol. The van der Waals surface area contributed by atoms with Gasteiger partial charge in [-0.15, -0.1) is 6.42 Å². The Hall–Kier alpha value is -3.13. The number of rotatable bonds is 4. The van der Waals surface area contributed by atoms with Gasteiger partial charge < -0.3 is 4.84 Å². The number of aryl methyl sites for hydroxylation is 1. The minimum Gasteiger partial charge on any atom is -0.383 e. The van der Waals surface area contributed by atoms with E-state index in [1.54, 1.807) is 18.3 Å². The van der Waals surface area contributed by atoms with Gasteiger partial charge in [0.2, 0.25) is 0 Å². The molecule has 0 aliphatic rings. The summed E-state index contributed by atoms with van der Waals surface area (Å²) in [5, 5.41) is 3.88. The predicted octanol–water partition coefficient (Wildman–Crippen LogP) is 3.43. The van der Waals surface area contributed by atoms with Crippen LogP contribution in [0.5, 0.6) is 0 Å². The quantitative estimate of drug-likeness (QED) is 0.320. The molecule has 0 saturated carbocycles. The van der Waals surface area contributed by atoms with Crippen LogP contribution >= 0.6 is 0 Å². The number of pyridine rings is 1. The van der Waals surface area contributed by atoms with Crippen molar-refractivity contribution in [2.24, 2.45) is 5.16 Å². The van der Waals surface area contributed by atoms with E-state index in [9.17, 15) is 4.39 Å². The molecular formula is C18H14FN3O. The molecule has 0 spiro atoms. The molecule has 0 amide bonds. The van der Waals surface area contributed by atoms with E-state index in [1.165, 1.54) is 12.1 Å². The van der Waals surface area contributed by atoms with Crippen LogP contribution in [0.25, 0.3) is 16.9 Å². The first-order valence-corrected chi connectivity index (χ1v) is 7.03. The summed E-state index contributed by atoms with van der Waals surface area (Å²) in [6.07, 6.45) is 8.59. The number of imidazole rings is 1. The van der Waals surface area contributed by atoms with Crippen LogP contribution in [0.1, 0.15) is 11.3 Å². The van der Waals surface area contributed by atoms with Crippen molar-refractivity contribution in [2.75, 3.05) is 6.61 Å². The molecule has 3 rings (SSSR count). The normalized spacial score (nSPS) is 11.0. The Morgan fingerprint density at radius 3 is 2.87 bits per heavy atom. The summed E-state index contributed by atoms with van der Waals surface area (Å²) in [5.74, 6) is 2.06. The number of benzene rings is 1. The predicted molar refractivity (Wildman–Crippen MR) is 87.7 cm³/mol. The Bertz CT molecular complexity index is 904. The van der Waals surface area contributed by atoms with E-state index in [4.69, 9.17) is 11.3 Å². The molecule has 0 bridgehead atoms. The third-order valence-corrected chi connectivity index (χ3v) is 3.40. The van der Waals surface area contributed by atoms with Gasteiger partial charge in [0.1, 0.15) is 11.5 Å². The number of fused-ring (bicyclic) bond motifs is 1. The zero-order valence-electron chi connectivity index (χ0n) is 12.5. The van der Waals surface area contributed by atoms with Gasteiger partial charge in [0, 0.05) is 11.8 Å². The number of oxime groups is 1. The first kappa shape index (κ1) is 14.8. The van der Waals surface area contributed by atoms with Crippen LogP contribution < -0.4 is 0 Å². The van der Waals surface area contributed by atoms with Crippen molar-refractivity contribution in [1.82, 2.24) is 9.38 Å². The molecule has 2 heterocycles. The van der Waals surface area contributed by atoms with Crippen molar-refractivity contribution >= 4 is 11.9 Å². The molecule has 3 aromatic rings. The van der Waals surface area contributed by atoms with E-state index < -0.39 is 0 Å². The molecule has 0 N–H and O–H groups in total. The number of nitrogens with zero attached hydrogens (tertiary/aromatic N) is 3. The summed E-state index contributed by atoms with van der Waals surface area (Å²) in [4.78, 5) is 9.64. The minimum atomic E-state index is -0.290. The van der Waals surface area contributed by atoms with Crippen LogP contribution in [0.3, 0.4) is 0 Å². The average Bonchev–Trinajstić information content (AvgIpc) is 2.93. The van der Waals surface area contributed by atoms with Gasteiger partial charge in [-0.3, -0.25) is 4.40 Å². The molecule has 0 fully saturated rings. The molecule has 0 unspecified atom stereocenters. The van der Waals surface area contributed by atoms with E-state index in [1.807, 2.05) is 29.7 Å². The monoisotopic (exact) mass is 307 g/mol. The largest absolute Gasteiger partial charge is 0.383 e. The fourth-order valence-corrected chi connectivity index (χ4v) is 2.33. The molecule has 1 aromatic carbocycles. The summed E-state index contributed by atoms with van der Waals surface area (Å²) in [6, 6.07) is 10.1. The molecule has 0 aliphatic carbocycles. The van der Waals surface area contributed by atoms with Gasteiger partial charge in [-0.2, -0.15) is 0 Å². The summed E-state index contributed by atoms with van der Waals surface area (Å²) >= 11 is 0. The van der Waals surface area contributed by atoms with Crippen molar-refractivity contribution in [1.29, 1.82) is 0 Å². The van der Waals surface area contributed by atoms with Crippen molar-refractivity contribution < 1.29 is 9.23 Å². The van der Waals surface area contributed by atoms with Crippen LogP contribution in [-0.4, -0.2) is 22.2 Å². The molecule has 114 valence electrons. The van der Waals surface area contributed by atoms with Crippen LogP contribution in [0.15, 0.2) is 47.8 Å². The van der Waals surface area contributed by atoms with Crippen LogP contribution in [0.2, 0.25) is 0 Å². The van der Waals surface area contributed by atoms with E-state index in [2.05, 4.69) is 16.1 Å². The SMILES string of the molecule is C#CCO/N=C/c1c(-c2ccc(F)cc2)nc2c(C)cccn12. The van der Waals surface area contributed by atoms with Gasteiger partial charge >= 0.3 is 0 Å². The Kier molecular flexibility index (Phi) is 4.07. The van der Waals surface area contributed by atoms with E-state index in [-0.39, 0.29) is 12.4 Å². The maximum atomic E-state index is 13.2. The van der Waals surface area contributed by atoms with Gasteiger partial charge in [0.15, 0.2) is 6.61 Å². The van der Waals surface area contributed by atoms with E-state index in [0.29, 0.717) is 5.69 Å². The fourth-order valence-electron chi connectivity index (χ4n) is 2.33. The smallest absolute Gasteiger partial charge is 0.177 e. The maximum absolute atomic E-state index is 13.2. The second-order valence-electron chi connectivity index (χ2n) is 4.95. The van der Waals surface area contributed by atoms with Gasteiger partial charge in [-0.1, -0.05) is 17.1 Å². The highest BCUT2D eigenvalue weighted by atomic mass is 19.1. The van der Waals surface area contributed by atoms with Crippen molar-refractivity contribution in [3.05, 3.63) is 59.7 Å². The topological polar surface area (TPSA) is 38.9 Å². The fraction of sp³-hybridized carbons (Fsp3) is 0.111. The molecule has 23 heavy (non-hydrogen) atoms. The zero-order valence-corrected chi connectivity index (χ0v) is 12.5. The molecule has 0 radical (unpaired) electrons. The summed E-state index contributed by atoms with van der Waals surface area (Å²) in [5.41, 5.74) is 4.08. The lowest BCUT2D eigenvalue weighted by Crippen LogP contribution is -1.95. The summed E-state index contributed by atoms with van der Waals surface area (Å²) in [6.45, 7) is 2.07. The summed E-state index contributed by atoms with van der Waals surface area (Å²) in [7, 11) is 0. The van der Waals surface area contributed by atoms with Crippen LogP contribution in [0, 0.1) is 25.1 Å². The zero-order chi connectivity index (χ0) is 16.2. The Morgan fingerprint density at radius 1 is 1.35 bits per heavy atom. The minimum absolute atomic E-state index is 0.0954. The third kappa shape index (κ3) is 2.92. The van der Waals surface area contributed by atoms with E-state index in [0.717, 1.165) is 22.5 Å². The Morgan fingerprint density at radius 2 is 2.13 bits per heavy atom. The molecule has 0 aliphatic heterocycles. The second kappa shape index (κ2) is 6.32. The Labute approximate surface area is 133 Å². The number of terminal acetylenes is 1. The standard InChI is InChI=1S/C18H14FN3O/c1-3-11-23-20-12-16-17(14-6-8-15(19)9-7-14)21-18-13(2)5-4-10-22(16)18/h1,4-10,12H,11H2,2H3/b20-12+. The molecule has 0 saturated heterocycles. The summed E-state index contributed by atoms with van der Waals surface area (Å²) < 4.78 is 15.1. The van der Waals surface area contributed by atoms with Crippen molar-refractivity contribution in [3.63, 3.8) is 0 Å². The highest BCUT2D eigenvalue weighted by Crippen LogP contribution is 2.25. The first-order valence-electron chi connectivity index (χ1n) is 7.03. The Balaban J connectivity index is 2.15. The van der Waals surface area contributed by atoms with Crippen LogP contribution in [-0.2, 0) is 4.84 Å². The second-order valence-corrected chi connectivity index (χ2v) is 4.95. The lowest BCUT2D eigenvalue weighted by Gasteiger charge is -2.01. The molecule has 5 heteroatoms. The van der Waals surface area contributed by atoms with Gasteiger partial charge in [0.05, 0.1) is 17.6 Å². The number of halogens is 1. The highest BCUT2D eigenvalue weighted by Gasteiger charge is 2.14. The number of hydrogen-bond acceptors (Lipinski definition) is 3. The highest BCUT2D eigenvalue weighted by molar-refractivity contribution is 5.89. The first-order chi connectivity index (χ1) is 11.2. The van der Waals surface area contributed by atoms with Gasteiger partial charge in [-0.25, -0.2) is 9.37 Å². The van der Waals surface area contributed by atoms with Crippen LogP contribution in [0.4, 0.5) is 4.39 Å². The third-order valence-electron chi connectivity index (χ3n) is 3.40. The molecule has 2 aromatic heterocycles. The van der Waals surface area contributed by atoms with Crippen molar-refractivity contribution in [2.45, 2.75) is 6.92 Å². The number of aromatic nitrogens is 2. The lowest BCUT2D eigenvalue weighted by molar-refractivity contribution is 0.181. The van der Waals surface area contributed by atoms with Gasteiger partial charge in [0.25, 0.3) is 0 Å². The maximum Gasteiger partial charge on any atom is 0.177 e. The number of hydrogen-bond donors (Lipinski definition) is 0. The van der Waals surface area contributed by atoms with Crippen molar-refractivity contribution in [3.8, 4) is 23.6 Å².